The molecule has 2 aliphatic heterocycles. The Balaban J connectivity index is 1.18. The Morgan fingerprint density at radius 3 is 2.19 bits per heavy atom. The minimum atomic E-state index is -0.101. The molecule has 0 unspecified atom stereocenters. The van der Waals surface area contributed by atoms with Gasteiger partial charge in [-0.2, -0.15) is 0 Å². The molecule has 31 heavy (non-hydrogen) atoms. The Labute approximate surface area is 184 Å². The van der Waals surface area contributed by atoms with Crippen molar-refractivity contribution in [1.29, 1.82) is 0 Å². The van der Waals surface area contributed by atoms with E-state index in [0.29, 0.717) is 13.1 Å². The van der Waals surface area contributed by atoms with Crippen LogP contribution in [-0.2, 0) is 16.1 Å². The molecule has 4 rings (SSSR count). The molecule has 2 aromatic rings. The monoisotopic (exact) mass is 421 g/mol. The molecule has 0 atom stereocenters. The topological polar surface area (TPSA) is 60.0 Å². The Morgan fingerprint density at radius 2 is 1.55 bits per heavy atom. The third-order valence-electron chi connectivity index (χ3n) is 6.06. The number of carbonyl (C=O) groups is 2. The average molecular weight is 422 g/mol. The molecule has 0 radical (unpaired) electrons. The average Bonchev–Trinajstić information content (AvgIpc) is 2.77. The number of aromatic nitrogens is 1. The van der Waals surface area contributed by atoms with E-state index in [1.807, 2.05) is 23.1 Å². The number of pyridine rings is 1. The van der Waals surface area contributed by atoms with Crippen LogP contribution >= 0.6 is 0 Å². The van der Waals surface area contributed by atoms with Crippen molar-refractivity contribution >= 4 is 17.5 Å². The maximum Gasteiger partial charge on any atom is 0.243 e. The van der Waals surface area contributed by atoms with Gasteiger partial charge in [0.25, 0.3) is 0 Å². The van der Waals surface area contributed by atoms with Crippen LogP contribution < -0.4 is 4.90 Å². The van der Waals surface area contributed by atoms with Crippen molar-refractivity contribution < 1.29 is 9.59 Å². The summed E-state index contributed by atoms with van der Waals surface area (Å²) in [5.41, 5.74) is 3.44. The van der Waals surface area contributed by atoms with E-state index >= 15 is 0 Å². The van der Waals surface area contributed by atoms with Gasteiger partial charge in [-0.15, -0.1) is 0 Å². The minimum Gasteiger partial charge on any atom is -0.369 e. The summed E-state index contributed by atoms with van der Waals surface area (Å²) < 4.78 is 0. The number of nitrogens with zero attached hydrogens (tertiary/aromatic N) is 5. The lowest BCUT2D eigenvalue weighted by Crippen LogP contribution is -2.54. The highest BCUT2D eigenvalue weighted by atomic mass is 16.2. The van der Waals surface area contributed by atoms with Gasteiger partial charge in [-0.3, -0.25) is 29.3 Å². The van der Waals surface area contributed by atoms with Crippen LogP contribution in [0.15, 0.2) is 48.7 Å². The molecule has 2 saturated heterocycles. The summed E-state index contributed by atoms with van der Waals surface area (Å²) in [6, 6.07) is 14.4. The number of hydrogen-bond donors (Lipinski definition) is 0. The molecule has 2 amide bonds. The van der Waals surface area contributed by atoms with Crippen LogP contribution in [0.25, 0.3) is 0 Å². The Morgan fingerprint density at radius 1 is 0.839 bits per heavy atom. The van der Waals surface area contributed by atoms with Crippen LogP contribution in [0.4, 0.5) is 5.69 Å². The first-order valence-corrected chi connectivity index (χ1v) is 11.1. The van der Waals surface area contributed by atoms with Gasteiger partial charge < -0.3 is 4.90 Å². The first-order chi connectivity index (χ1) is 15.1. The first kappa shape index (κ1) is 21.5. The normalized spacial score (nSPS) is 18.6. The molecular formula is C24H31N5O2. The van der Waals surface area contributed by atoms with Crippen molar-refractivity contribution in [2.45, 2.75) is 19.9 Å². The van der Waals surface area contributed by atoms with E-state index in [-0.39, 0.29) is 24.9 Å². The van der Waals surface area contributed by atoms with Gasteiger partial charge >= 0.3 is 0 Å². The molecule has 7 heteroatoms. The van der Waals surface area contributed by atoms with E-state index in [9.17, 15) is 9.59 Å². The van der Waals surface area contributed by atoms with E-state index in [4.69, 9.17) is 0 Å². The van der Waals surface area contributed by atoms with Crippen LogP contribution in [0.2, 0.25) is 0 Å². The van der Waals surface area contributed by atoms with Crippen LogP contribution in [0.5, 0.6) is 0 Å². The molecule has 0 spiro atoms. The smallest absolute Gasteiger partial charge is 0.243 e. The second-order valence-corrected chi connectivity index (χ2v) is 8.42. The molecule has 1 aromatic heterocycles. The lowest BCUT2D eigenvalue weighted by Gasteiger charge is -2.37. The summed E-state index contributed by atoms with van der Waals surface area (Å²) in [7, 11) is 0. The molecule has 2 aliphatic rings. The number of amides is 2. The van der Waals surface area contributed by atoms with Crippen molar-refractivity contribution in [3.8, 4) is 0 Å². The van der Waals surface area contributed by atoms with Gasteiger partial charge in [0.2, 0.25) is 11.8 Å². The second-order valence-electron chi connectivity index (χ2n) is 8.42. The standard InChI is InChI=1S/C24H31N5O2/c1-20-6-8-22(9-7-20)28-15-13-26(14-16-28)11-4-12-29-23(30)18-27(19-24(29)31)17-21-5-2-3-10-25-21/h2-3,5-10H,4,11-19H2,1H3. The molecule has 0 aliphatic carbocycles. The van der Waals surface area contributed by atoms with E-state index < -0.39 is 0 Å². The predicted octanol–water partition coefficient (Wildman–Crippen LogP) is 1.77. The van der Waals surface area contributed by atoms with Crippen LogP contribution in [0.3, 0.4) is 0 Å². The van der Waals surface area contributed by atoms with Gasteiger partial charge in [-0.1, -0.05) is 23.8 Å². The number of aryl methyl sites for hydroxylation is 1. The number of rotatable bonds is 7. The fraction of sp³-hybridized carbons (Fsp3) is 0.458. The van der Waals surface area contributed by atoms with Crippen molar-refractivity contribution in [2.24, 2.45) is 0 Å². The highest BCUT2D eigenvalue weighted by Crippen LogP contribution is 2.17. The van der Waals surface area contributed by atoms with Gasteiger partial charge in [0.1, 0.15) is 0 Å². The van der Waals surface area contributed by atoms with Crippen molar-refractivity contribution in [1.82, 2.24) is 19.7 Å². The van der Waals surface area contributed by atoms with E-state index in [0.717, 1.165) is 44.8 Å². The van der Waals surface area contributed by atoms with E-state index in [1.165, 1.54) is 16.2 Å². The molecule has 0 bridgehead atoms. The maximum atomic E-state index is 12.5. The lowest BCUT2D eigenvalue weighted by molar-refractivity contribution is -0.151. The molecule has 2 fully saturated rings. The van der Waals surface area contributed by atoms with Crippen LogP contribution in [-0.4, -0.2) is 83.9 Å². The highest BCUT2D eigenvalue weighted by molar-refractivity contribution is 5.99. The molecular weight excluding hydrogens is 390 g/mol. The number of hydrogen-bond acceptors (Lipinski definition) is 6. The number of carbonyl (C=O) groups excluding carboxylic acids is 2. The number of imide groups is 1. The van der Waals surface area contributed by atoms with E-state index in [2.05, 4.69) is 46.0 Å². The van der Waals surface area contributed by atoms with Gasteiger partial charge in [-0.25, -0.2) is 0 Å². The Bertz CT molecular complexity index is 861. The molecule has 164 valence electrons. The summed E-state index contributed by atoms with van der Waals surface area (Å²) in [6.07, 6.45) is 2.55. The van der Waals surface area contributed by atoms with Crippen LogP contribution in [0, 0.1) is 6.92 Å². The minimum absolute atomic E-state index is 0.101. The number of anilines is 1. The zero-order valence-corrected chi connectivity index (χ0v) is 18.2. The molecule has 3 heterocycles. The maximum absolute atomic E-state index is 12.5. The predicted molar refractivity (Wildman–Crippen MR) is 121 cm³/mol. The summed E-state index contributed by atoms with van der Waals surface area (Å²) in [5, 5.41) is 0. The second kappa shape index (κ2) is 10.0. The fourth-order valence-corrected chi connectivity index (χ4v) is 4.27. The molecule has 0 saturated carbocycles. The summed E-state index contributed by atoms with van der Waals surface area (Å²) in [4.78, 5) is 37.5. The Hall–Kier alpha value is -2.77. The first-order valence-electron chi connectivity index (χ1n) is 11.1. The van der Waals surface area contributed by atoms with Crippen molar-refractivity contribution in [3.05, 3.63) is 59.9 Å². The quantitative estimate of drug-likeness (QED) is 0.635. The molecule has 1 aromatic carbocycles. The Kier molecular flexibility index (Phi) is 6.94. The third kappa shape index (κ3) is 5.68. The summed E-state index contributed by atoms with van der Waals surface area (Å²) in [5.74, 6) is -0.201. The van der Waals surface area contributed by atoms with Gasteiger partial charge in [-0.05, 0) is 44.2 Å². The third-order valence-corrected chi connectivity index (χ3v) is 6.06. The van der Waals surface area contributed by atoms with Gasteiger partial charge in [0, 0.05) is 51.2 Å². The van der Waals surface area contributed by atoms with Crippen molar-refractivity contribution in [3.63, 3.8) is 0 Å². The number of piperazine rings is 2. The summed E-state index contributed by atoms with van der Waals surface area (Å²) in [6.45, 7) is 8.63. The van der Waals surface area contributed by atoms with Gasteiger partial charge in [0.05, 0.1) is 18.8 Å². The van der Waals surface area contributed by atoms with Crippen LogP contribution in [0.1, 0.15) is 17.7 Å². The lowest BCUT2D eigenvalue weighted by atomic mass is 10.2. The largest absolute Gasteiger partial charge is 0.369 e. The van der Waals surface area contributed by atoms with Gasteiger partial charge in [0.15, 0.2) is 0 Å². The number of benzene rings is 1. The molecule has 0 N–H and O–H groups in total. The zero-order chi connectivity index (χ0) is 21.6. The van der Waals surface area contributed by atoms with E-state index in [1.54, 1.807) is 6.20 Å². The van der Waals surface area contributed by atoms with Crippen molar-refractivity contribution in [2.75, 3.05) is 57.3 Å². The fourth-order valence-electron chi connectivity index (χ4n) is 4.27. The SMILES string of the molecule is Cc1ccc(N2CCN(CCCN3C(=O)CN(Cc4ccccn4)CC3=O)CC2)cc1. The highest BCUT2D eigenvalue weighted by Gasteiger charge is 2.30. The zero-order valence-electron chi connectivity index (χ0n) is 18.2. The molecule has 7 nitrogen and oxygen atoms in total. The summed E-state index contributed by atoms with van der Waals surface area (Å²) >= 11 is 0.